The third-order valence-electron chi connectivity index (χ3n) is 3.38. The van der Waals surface area contributed by atoms with Crippen molar-refractivity contribution in [3.63, 3.8) is 0 Å². The summed E-state index contributed by atoms with van der Waals surface area (Å²) < 4.78 is 0. The fourth-order valence-corrected chi connectivity index (χ4v) is 2.20. The van der Waals surface area contributed by atoms with Crippen LogP contribution >= 0.6 is 0 Å². The minimum atomic E-state index is 0.667. The van der Waals surface area contributed by atoms with E-state index in [0.717, 1.165) is 25.5 Å². The molecule has 4 heteroatoms. The molecule has 0 saturated carbocycles. The zero-order valence-electron chi connectivity index (χ0n) is 11.1. The van der Waals surface area contributed by atoms with Gasteiger partial charge < -0.3 is 0 Å². The van der Waals surface area contributed by atoms with Crippen molar-refractivity contribution in [1.29, 1.82) is 0 Å². The van der Waals surface area contributed by atoms with Crippen LogP contribution in [0.3, 0.4) is 0 Å². The number of rotatable bonds is 3. The Morgan fingerprint density at radius 2 is 1.71 bits per heavy atom. The molecule has 0 N–H and O–H groups in total. The highest BCUT2D eigenvalue weighted by molar-refractivity contribution is 5.04. The molecule has 94 valence electrons. The summed E-state index contributed by atoms with van der Waals surface area (Å²) in [6, 6.07) is 0.667. The van der Waals surface area contributed by atoms with E-state index in [-0.39, 0.29) is 0 Å². The molecule has 17 heavy (non-hydrogen) atoms. The van der Waals surface area contributed by atoms with Crippen molar-refractivity contribution in [2.75, 3.05) is 26.2 Å². The molecule has 4 nitrogen and oxygen atoms in total. The van der Waals surface area contributed by atoms with Crippen LogP contribution < -0.4 is 0 Å². The molecule has 0 spiro atoms. The predicted molar refractivity (Wildman–Crippen MR) is 68.8 cm³/mol. The van der Waals surface area contributed by atoms with E-state index >= 15 is 0 Å². The molecular weight excluding hydrogens is 212 g/mol. The van der Waals surface area contributed by atoms with Gasteiger partial charge in [0.2, 0.25) is 0 Å². The summed E-state index contributed by atoms with van der Waals surface area (Å²) in [6.45, 7) is 12.1. The molecule has 1 aromatic rings. The first-order valence-electron chi connectivity index (χ1n) is 6.39. The van der Waals surface area contributed by atoms with Crippen LogP contribution in [0.25, 0.3) is 0 Å². The van der Waals surface area contributed by atoms with E-state index in [2.05, 4.69) is 33.6 Å². The van der Waals surface area contributed by atoms with Crippen LogP contribution in [0.2, 0.25) is 0 Å². The summed E-state index contributed by atoms with van der Waals surface area (Å²) in [7, 11) is 0. The molecule has 0 bridgehead atoms. The van der Waals surface area contributed by atoms with Crippen molar-refractivity contribution in [2.24, 2.45) is 0 Å². The van der Waals surface area contributed by atoms with E-state index in [0.29, 0.717) is 6.04 Å². The van der Waals surface area contributed by atoms with Gasteiger partial charge in [-0.15, -0.1) is 0 Å². The molecule has 1 aromatic heterocycles. The Morgan fingerprint density at radius 3 is 2.24 bits per heavy atom. The van der Waals surface area contributed by atoms with E-state index in [1.165, 1.54) is 18.7 Å². The summed E-state index contributed by atoms with van der Waals surface area (Å²) >= 11 is 0. The lowest BCUT2D eigenvalue weighted by Gasteiger charge is -2.36. The first-order valence-corrected chi connectivity index (χ1v) is 6.39. The van der Waals surface area contributed by atoms with Crippen LogP contribution in [-0.2, 0) is 6.54 Å². The lowest BCUT2D eigenvalue weighted by molar-refractivity contribution is 0.104. The molecule has 1 aliphatic heterocycles. The molecular formula is C13H22N4. The van der Waals surface area contributed by atoms with Gasteiger partial charge in [-0.25, -0.2) is 9.97 Å². The minimum Gasteiger partial charge on any atom is -0.298 e. The highest BCUT2D eigenvalue weighted by atomic mass is 15.3. The van der Waals surface area contributed by atoms with Gasteiger partial charge in [0, 0.05) is 56.7 Å². The molecule has 0 aromatic carbocycles. The molecule has 0 radical (unpaired) electrons. The van der Waals surface area contributed by atoms with E-state index in [9.17, 15) is 0 Å². The smallest absolute Gasteiger partial charge is 0.125 e. The summed E-state index contributed by atoms with van der Waals surface area (Å²) in [6.07, 6.45) is 3.88. The average Bonchev–Trinajstić information content (AvgIpc) is 2.33. The largest absolute Gasteiger partial charge is 0.298 e. The third kappa shape index (κ3) is 3.48. The van der Waals surface area contributed by atoms with Gasteiger partial charge in [0.05, 0.1) is 0 Å². The number of aromatic nitrogens is 2. The Balaban J connectivity index is 1.84. The van der Waals surface area contributed by atoms with Crippen molar-refractivity contribution >= 4 is 0 Å². The minimum absolute atomic E-state index is 0.667. The fraction of sp³-hybridized carbons (Fsp3) is 0.692. The van der Waals surface area contributed by atoms with Gasteiger partial charge >= 0.3 is 0 Å². The summed E-state index contributed by atoms with van der Waals surface area (Å²) in [5.41, 5.74) is 1.22. The molecule has 0 aliphatic carbocycles. The van der Waals surface area contributed by atoms with E-state index in [4.69, 9.17) is 0 Å². The highest BCUT2D eigenvalue weighted by Gasteiger charge is 2.18. The average molecular weight is 234 g/mol. The molecule has 0 amide bonds. The number of nitrogens with zero attached hydrogens (tertiary/aromatic N) is 4. The van der Waals surface area contributed by atoms with Crippen molar-refractivity contribution in [1.82, 2.24) is 19.8 Å². The maximum atomic E-state index is 4.24. The summed E-state index contributed by atoms with van der Waals surface area (Å²) in [5, 5.41) is 0. The number of hydrogen-bond acceptors (Lipinski definition) is 4. The topological polar surface area (TPSA) is 32.3 Å². The van der Waals surface area contributed by atoms with Gasteiger partial charge in [-0.2, -0.15) is 0 Å². The molecule has 1 aliphatic rings. The molecule has 1 fully saturated rings. The van der Waals surface area contributed by atoms with E-state index in [1.807, 2.05) is 19.3 Å². The van der Waals surface area contributed by atoms with Gasteiger partial charge in [-0.1, -0.05) is 0 Å². The van der Waals surface area contributed by atoms with Crippen molar-refractivity contribution in [3.05, 3.63) is 23.8 Å². The first-order chi connectivity index (χ1) is 8.15. The van der Waals surface area contributed by atoms with Crippen molar-refractivity contribution in [2.45, 2.75) is 33.4 Å². The van der Waals surface area contributed by atoms with Crippen LogP contribution in [0.15, 0.2) is 12.4 Å². The van der Waals surface area contributed by atoms with Gasteiger partial charge in [0.15, 0.2) is 0 Å². The second-order valence-corrected chi connectivity index (χ2v) is 5.04. The monoisotopic (exact) mass is 234 g/mol. The number of aryl methyl sites for hydroxylation is 1. The maximum Gasteiger partial charge on any atom is 0.125 e. The zero-order chi connectivity index (χ0) is 12.3. The lowest BCUT2D eigenvalue weighted by Crippen LogP contribution is -2.48. The van der Waals surface area contributed by atoms with Gasteiger partial charge in [0.1, 0.15) is 5.82 Å². The highest BCUT2D eigenvalue weighted by Crippen LogP contribution is 2.09. The van der Waals surface area contributed by atoms with Crippen LogP contribution in [-0.4, -0.2) is 52.0 Å². The Bertz CT molecular complexity index is 339. The van der Waals surface area contributed by atoms with Gasteiger partial charge in [0.25, 0.3) is 0 Å². The van der Waals surface area contributed by atoms with Crippen LogP contribution in [0.4, 0.5) is 0 Å². The fourth-order valence-electron chi connectivity index (χ4n) is 2.20. The summed E-state index contributed by atoms with van der Waals surface area (Å²) in [5.74, 6) is 0.846. The van der Waals surface area contributed by atoms with Crippen LogP contribution in [0.1, 0.15) is 25.2 Å². The van der Waals surface area contributed by atoms with Crippen LogP contribution in [0.5, 0.6) is 0 Å². The Labute approximate surface area is 104 Å². The first kappa shape index (κ1) is 12.5. The van der Waals surface area contributed by atoms with Gasteiger partial charge in [-0.05, 0) is 20.8 Å². The molecule has 0 atom stereocenters. The van der Waals surface area contributed by atoms with Crippen molar-refractivity contribution in [3.8, 4) is 0 Å². The Morgan fingerprint density at radius 1 is 1.12 bits per heavy atom. The molecule has 0 unspecified atom stereocenters. The quantitative estimate of drug-likeness (QED) is 0.789. The SMILES string of the molecule is Cc1ncc(CN2CCN(C(C)C)CC2)cn1. The zero-order valence-corrected chi connectivity index (χ0v) is 11.1. The number of piperazine rings is 1. The third-order valence-corrected chi connectivity index (χ3v) is 3.38. The molecule has 2 rings (SSSR count). The molecule has 1 saturated heterocycles. The van der Waals surface area contributed by atoms with Crippen LogP contribution in [0, 0.1) is 6.92 Å². The second kappa shape index (κ2) is 5.56. The number of hydrogen-bond donors (Lipinski definition) is 0. The maximum absolute atomic E-state index is 4.24. The Kier molecular flexibility index (Phi) is 4.07. The Hall–Kier alpha value is -1.00. The van der Waals surface area contributed by atoms with Crippen molar-refractivity contribution < 1.29 is 0 Å². The van der Waals surface area contributed by atoms with E-state index < -0.39 is 0 Å². The predicted octanol–water partition coefficient (Wildman–Crippen LogP) is 1.31. The lowest BCUT2D eigenvalue weighted by atomic mass is 10.2. The second-order valence-electron chi connectivity index (χ2n) is 5.04. The summed E-state index contributed by atoms with van der Waals surface area (Å²) in [4.78, 5) is 13.5. The van der Waals surface area contributed by atoms with E-state index in [1.54, 1.807) is 0 Å². The molecule has 2 heterocycles. The van der Waals surface area contributed by atoms with Gasteiger partial charge in [-0.3, -0.25) is 9.80 Å². The normalized spacial score (nSPS) is 18.8. The standard InChI is InChI=1S/C13H22N4/c1-11(2)17-6-4-16(5-7-17)10-13-8-14-12(3)15-9-13/h8-9,11H,4-7,10H2,1-3H3.